The summed E-state index contributed by atoms with van der Waals surface area (Å²) in [7, 11) is 0. The third kappa shape index (κ3) is 3.01. The Labute approximate surface area is 157 Å². The molecule has 2 aliphatic carbocycles. The third-order valence-electron chi connectivity index (χ3n) is 5.80. The van der Waals surface area contributed by atoms with Gasteiger partial charge in [-0.05, 0) is 29.9 Å². The van der Waals surface area contributed by atoms with Gasteiger partial charge in [0.15, 0.2) is 0 Å². The summed E-state index contributed by atoms with van der Waals surface area (Å²) in [6.45, 7) is 0.292. The van der Waals surface area contributed by atoms with Crippen molar-refractivity contribution in [2.75, 3.05) is 13.1 Å². The monoisotopic (exact) mass is 364 g/mol. The number of nitrogens with zero attached hydrogens (tertiary/aromatic N) is 4. The molecule has 1 aromatic rings. The predicted octanol–water partition coefficient (Wildman–Crippen LogP) is 1.13. The average Bonchev–Trinajstić information content (AvgIpc) is 3.36. The van der Waals surface area contributed by atoms with Crippen LogP contribution in [0.2, 0.25) is 0 Å². The van der Waals surface area contributed by atoms with Crippen LogP contribution in [0.4, 0.5) is 0 Å². The van der Waals surface area contributed by atoms with E-state index in [1.807, 2.05) is 24.3 Å². The first-order chi connectivity index (χ1) is 13.1. The molecule has 1 aliphatic heterocycles. The lowest BCUT2D eigenvalue weighted by molar-refractivity contribution is -0.147. The number of allylic oxidation sites excluding steroid dienone is 2. The number of likely N-dealkylation sites (tertiary alicyclic amines) is 1. The van der Waals surface area contributed by atoms with Crippen molar-refractivity contribution in [2.45, 2.75) is 19.4 Å². The number of amides is 3. The first-order valence-electron chi connectivity index (χ1n) is 9.17. The van der Waals surface area contributed by atoms with Crippen LogP contribution in [0.25, 0.3) is 0 Å². The summed E-state index contributed by atoms with van der Waals surface area (Å²) in [6.07, 6.45) is 8.42. The maximum absolute atomic E-state index is 12.8. The van der Waals surface area contributed by atoms with E-state index in [9.17, 15) is 14.4 Å². The van der Waals surface area contributed by atoms with E-state index in [1.165, 1.54) is 4.90 Å². The lowest BCUT2D eigenvalue weighted by atomic mass is 9.85. The molecular formula is C20H20N4O3. The number of fused-ring (bicyclic) bond motifs is 5. The summed E-state index contributed by atoms with van der Waals surface area (Å²) in [5, 5.41) is 8.88. The number of nitriles is 1. The van der Waals surface area contributed by atoms with E-state index in [0.29, 0.717) is 6.54 Å². The van der Waals surface area contributed by atoms with Crippen LogP contribution in [0.3, 0.4) is 0 Å². The van der Waals surface area contributed by atoms with E-state index < -0.39 is 0 Å². The molecule has 3 amide bonds. The zero-order chi connectivity index (χ0) is 19.0. The lowest BCUT2D eigenvalue weighted by Crippen LogP contribution is -2.43. The van der Waals surface area contributed by atoms with Gasteiger partial charge in [0.25, 0.3) is 0 Å². The van der Waals surface area contributed by atoms with Crippen LogP contribution in [0.1, 0.15) is 18.4 Å². The van der Waals surface area contributed by atoms with E-state index in [-0.39, 0.29) is 60.9 Å². The van der Waals surface area contributed by atoms with Crippen LogP contribution < -0.4 is 0 Å². The minimum Gasteiger partial charge on any atom is -0.336 e. The standard InChI is InChI=1S/C20H20N4O3/c21-6-2-8-23(11-13-3-1-7-22-10-13)16(25)12-24-19(26)17-14-4-5-15(9-14)18(17)20(24)27/h1,3-5,7,10,14-15,17-18H,2,8-9,11-12H2/t14-,15-,17-,18+/m0/s1. The second kappa shape index (κ2) is 6.95. The van der Waals surface area contributed by atoms with E-state index >= 15 is 0 Å². The van der Waals surface area contributed by atoms with Gasteiger partial charge >= 0.3 is 0 Å². The maximum atomic E-state index is 12.8. The summed E-state index contributed by atoms with van der Waals surface area (Å²) in [6, 6.07) is 5.66. The van der Waals surface area contributed by atoms with Gasteiger partial charge in [-0.15, -0.1) is 0 Å². The number of rotatable bonds is 6. The predicted molar refractivity (Wildman–Crippen MR) is 94.3 cm³/mol. The van der Waals surface area contributed by atoms with Crippen LogP contribution in [0, 0.1) is 35.0 Å². The fourth-order valence-electron chi connectivity index (χ4n) is 4.54. The van der Waals surface area contributed by atoms with Crippen LogP contribution >= 0.6 is 0 Å². The first kappa shape index (κ1) is 17.4. The molecule has 1 saturated carbocycles. The molecule has 0 N–H and O–H groups in total. The van der Waals surface area contributed by atoms with E-state index in [2.05, 4.69) is 4.98 Å². The van der Waals surface area contributed by atoms with Gasteiger partial charge in [-0.2, -0.15) is 5.26 Å². The Morgan fingerprint density at radius 1 is 1.26 bits per heavy atom. The van der Waals surface area contributed by atoms with Gasteiger partial charge in [0.05, 0.1) is 24.3 Å². The van der Waals surface area contributed by atoms with Crippen LogP contribution in [0.5, 0.6) is 0 Å². The molecule has 0 radical (unpaired) electrons. The van der Waals surface area contributed by atoms with E-state index in [4.69, 9.17) is 5.26 Å². The molecule has 0 spiro atoms. The van der Waals surface area contributed by atoms with Gasteiger partial charge in [0, 0.05) is 25.5 Å². The Balaban J connectivity index is 1.47. The summed E-state index contributed by atoms with van der Waals surface area (Å²) < 4.78 is 0. The Morgan fingerprint density at radius 2 is 1.96 bits per heavy atom. The highest BCUT2D eigenvalue weighted by Gasteiger charge is 2.59. The quantitative estimate of drug-likeness (QED) is 0.557. The number of hydrogen-bond donors (Lipinski definition) is 0. The van der Waals surface area contributed by atoms with Crippen molar-refractivity contribution in [3.63, 3.8) is 0 Å². The summed E-state index contributed by atoms with van der Waals surface area (Å²) in [5.74, 6) is -1.12. The highest BCUT2D eigenvalue weighted by atomic mass is 16.2. The molecular weight excluding hydrogens is 344 g/mol. The van der Waals surface area contributed by atoms with Crippen molar-refractivity contribution in [3.05, 3.63) is 42.2 Å². The molecule has 138 valence electrons. The van der Waals surface area contributed by atoms with Gasteiger partial charge in [-0.3, -0.25) is 24.3 Å². The van der Waals surface area contributed by atoms with Crippen molar-refractivity contribution in [1.29, 1.82) is 5.26 Å². The molecule has 1 aromatic heterocycles. The Hall–Kier alpha value is -3.01. The molecule has 2 bridgehead atoms. The highest BCUT2D eigenvalue weighted by Crippen LogP contribution is 2.52. The lowest BCUT2D eigenvalue weighted by Gasteiger charge is -2.25. The van der Waals surface area contributed by atoms with Gasteiger partial charge in [-0.1, -0.05) is 18.2 Å². The topological polar surface area (TPSA) is 94.4 Å². The van der Waals surface area contributed by atoms with Crippen molar-refractivity contribution in [3.8, 4) is 6.07 Å². The number of carbonyl (C=O) groups excluding carboxylic acids is 3. The molecule has 3 aliphatic rings. The number of carbonyl (C=O) groups is 3. The highest BCUT2D eigenvalue weighted by molar-refractivity contribution is 6.08. The maximum Gasteiger partial charge on any atom is 0.243 e. The van der Waals surface area contributed by atoms with Crippen LogP contribution in [-0.2, 0) is 20.9 Å². The van der Waals surface area contributed by atoms with E-state index in [1.54, 1.807) is 18.5 Å². The normalized spacial score (nSPS) is 27.7. The molecule has 2 heterocycles. The minimum atomic E-state index is -0.323. The SMILES string of the molecule is N#CCCN(Cc1cccnc1)C(=O)CN1C(=O)[C@@H]2[C@H](C1=O)[C@H]1C=C[C@H]2C1. The largest absolute Gasteiger partial charge is 0.336 e. The Morgan fingerprint density at radius 3 is 2.56 bits per heavy atom. The molecule has 4 rings (SSSR count). The van der Waals surface area contributed by atoms with Crippen molar-refractivity contribution >= 4 is 17.7 Å². The Bertz CT molecular complexity index is 815. The molecule has 4 atom stereocenters. The summed E-state index contributed by atoms with van der Waals surface area (Å²) in [5.41, 5.74) is 0.835. The summed E-state index contributed by atoms with van der Waals surface area (Å²) in [4.78, 5) is 45.0. The van der Waals surface area contributed by atoms with Crippen LogP contribution in [-0.4, -0.2) is 45.6 Å². The fourth-order valence-corrected chi connectivity index (χ4v) is 4.54. The molecule has 7 heteroatoms. The van der Waals surface area contributed by atoms with Crippen LogP contribution in [0.15, 0.2) is 36.7 Å². The summed E-state index contributed by atoms with van der Waals surface area (Å²) >= 11 is 0. The smallest absolute Gasteiger partial charge is 0.243 e. The third-order valence-corrected chi connectivity index (χ3v) is 5.80. The second-order valence-corrected chi connectivity index (χ2v) is 7.35. The molecule has 27 heavy (non-hydrogen) atoms. The van der Waals surface area contributed by atoms with E-state index in [0.717, 1.165) is 16.9 Å². The fraction of sp³-hybridized carbons (Fsp3) is 0.450. The zero-order valence-corrected chi connectivity index (χ0v) is 14.8. The number of imide groups is 1. The minimum absolute atomic E-state index is 0.127. The number of hydrogen-bond acceptors (Lipinski definition) is 5. The zero-order valence-electron chi connectivity index (χ0n) is 14.8. The number of aromatic nitrogens is 1. The molecule has 0 aromatic carbocycles. The van der Waals surface area contributed by atoms with Gasteiger partial charge in [0.2, 0.25) is 17.7 Å². The van der Waals surface area contributed by atoms with Crippen molar-refractivity contribution in [2.24, 2.45) is 23.7 Å². The second-order valence-electron chi connectivity index (χ2n) is 7.35. The van der Waals surface area contributed by atoms with Crippen molar-refractivity contribution in [1.82, 2.24) is 14.8 Å². The first-order valence-corrected chi connectivity index (χ1v) is 9.17. The Kier molecular flexibility index (Phi) is 4.48. The van der Waals surface area contributed by atoms with Crippen molar-refractivity contribution < 1.29 is 14.4 Å². The number of pyridine rings is 1. The van der Waals surface area contributed by atoms with Gasteiger partial charge < -0.3 is 4.90 Å². The molecule has 1 saturated heterocycles. The molecule has 0 unspecified atom stereocenters. The molecule has 7 nitrogen and oxygen atoms in total. The molecule has 2 fully saturated rings. The average molecular weight is 364 g/mol. The van der Waals surface area contributed by atoms with Gasteiger partial charge in [0.1, 0.15) is 6.54 Å². The van der Waals surface area contributed by atoms with Gasteiger partial charge in [-0.25, -0.2) is 0 Å².